The summed E-state index contributed by atoms with van der Waals surface area (Å²) in [5.41, 5.74) is 1.22. The van der Waals surface area contributed by atoms with Gasteiger partial charge in [-0.3, -0.25) is 0 Å². The summed E-state index contributed by atoms with van der Waals surface area (Å²) in [6, 6.07) is 7.00. The SMILES string of the molecule is CC(C)C(F)(F)c1cccc(C2CCNCC2)c1. The van der Waals surface area contributed by atoms with Crippen LogP contribution in [0.3, 0.4) is 0 Å². The first kappa shape index (κ1) is 13.5. The Morgan fingerprint density at radius 3 is 2.50 bits per heavy atom. The molecular weight excluding hydrogens is 232 g/mol. The summed E-state index contributed by atoms with van der Waals surface area (Å²) in [4.78, 5) is 0. The molecule has 0 amide bonds. The summed E-state index contributed by atoms with van der Waals surface area (Å²) in [5.74, 6) is -2.97. The first-order valence-electron chi connectivity index (χ1n) is 6.70. The molecule has 0 aromatic heterocycles. The molecule has 1 N–H and O–H groups in total. The predicted octanol–water partition coefficient (Wildman–Crippen LogP) is 3.90. The average Bonchev–Trinajstić information content (AvgIpc) is 2.40. The molecule has 0 radical (unpaired) electrons. The monoisotopic (exact) mass is 253 g/mol. The highest BCUT2D eigenvalue weighted by molar-refractivity contribution is 5.30. The van der Waals surface area contributed by atoms with Gasteiger partial charge in [-0.1, -0.05) is 32.0 Å². The fraction of sp³-hybridized carbons (Fsp3) is 0.600. The van der Waals surface area contributed by atoms with Crippen LogP contribution in [0.1, 0.15) is 43.7 Å². The molecule has 0 spiro atoms. The van der Waals surface area contributed by atoms with Crippen LogP contribution in [0, 0.1) is 5.92 Å². The van der Waals surface area contributed by atoms with Crippen molar-refractivity contribution in [1.82, 2.24) is 5.32 Å². The van der Waals surface area contributed by atoms with Gasteiger partial charge >= 0.3 is 0 Å². The van der Waals surface area contributed by atoms with Gasteiger partial charge in [-0.15, -0.1) is 0 Å². The highest BCUT2D eigenvalue weighted by atomic mass is 19.3. The molecule has 18 heavy (non-hydrogen) atoms. The molecule has 0 saturated carbocycles. The highest BCUT2D eigenvalue weighted by Crippen LogP contribution is 2.37. The normalized spacial score (nSPS) is 18.3. The Morgan fingerprint density at radius 2 is 1.89 bits per heavy atom. The lowest BCUT2D eigenvalue weighted by Gasteiger charge is -2.25. The lowest BCUT2D eigenvalue weighted by atomic mass is 9.87. The van der Waals surface area contributed by atoms with Crippen molar-refractivity contribution in [2.45, 2.75) is 38.5 Å². The average molecular weight is 253 g/mol. The minimum atomic E-state index is -2.73. The van der Waals surface area contributed by atoms with Gasteiger partial charge in [0.25, 0.3) is 5.92 Å². The van der Waals surface area contributed by atoms with Crippen LogP contribution >= 0.6 is 0 Å². The van der Waals surface area contributed by atoms with Gasteiger partial charge in [0.15, 0.2) is 0 Å². The van der Waals surface area contributed by atoms with E-state index in [1.165, 1.54) is 0 Å². The molecule has 1 aliphatic heterocycles. The number of benzene rings is 1. The molecule has 2 rings (SSSR count). The molecule has 1 fully saturated rings. The maximum atomic E-state index is 14.0. The van der Waals surface area contributed by atoms with E-state index < -0.39 is 11.8 Å². The summed E-state index contributed by atoms with van der Waals surface area (Å²) < 4.78 is 28.0. The van der Waals surface area contributed by atoms with Gasteiger partial charge in [0.2, 0.25) is 0 Å². The Morgan fingerprint density at radius 1 is 1.22 bits per heavy atom. The third kappa shape index (κ3) is 2.72. The maximum absolute atomic E-state index is 14.0. The third-order valence-corrected chi connectivity index (χ3v) is 3.81. The van der Waals surface area contributed by atoms with Crippen LogP contribution in [0.5, 0.6) is 0 Å². The van der Waals surface area contributed by atoms with Crippen LogP contribution in [0.25, 0.3) is 0 Å². The Balaban J connectivity index is 2.24. The van der Waals surface area contributed by atoms with Gasteiger partial charge in [-0.25, -0.2) is 8.78 Å². The summed E-state index contributed by atoms with van der Waals surface area (Å²) >= 11 is 0. The zero-order valence-corrected chi connectivity index (χ0v) is 11.0. The molecule has 0 aliphatic carbocycles. The number of alkyl halides is 2. The van der Waals surface area contributed by atoms with Crippen molar-refractivity contribution < 1.29 is 8.78 Å². The van der Waals surface area contributed by atoms with E-state index in [0.29, 0.717) is 5.92 Å². The van der Waals surface area contributed by atoms with E-state index in [1.54, 1.807) is 32.0 Å². The number of piperidine rings is 1. The number of rotatable bonds is 3. The molecule has 0 bridgehead atoms. The maximum Gasteiger partial charge on any atom is 0.275 e. The first-order chi connectivity index (χ1) is 8.51. The molecule has 1 aromatic rings. The largest absolute Gasteiger partial charge is 0.317 e. The van der Waals surface area contributed by atoms with Crippen LogP contribution in [0.2, 0.25) is 0 Å². The Kier molecular flexibility index (Phi) is 4.00. The Labute approximate surface area is 108 Å². The molecule has 1 heterocycles. The minimum absolute atomic E-state index is 0.161. The first-order valence-corrected chi connectivity index (χ1v) is 6.70. The lowest BCUT2D eigenvalue weighted by molar-refractivity contribution is -0.0514. The van der Waals surface area contributed by atoms with Gasteiger partial charge in [0.1, 0.15) is 0 Å². The van der Waals surface area contributed by atoms with Crippen LogP contribution in [-0.4, -0.2) is 13.1 Å². The van der Waals surface area contributed by atoms with Crippen molar-refractivity contribution in [2.24, 2.45) is 5.92 Å². The van der Waals surface area contributed by atoms with Crippen molar-refractivity contribution in [2.75, 3.05) is 13.1 Å². The fourth-order valence-electron chi connectivity index (χ4n) is 2.49. The topological polar surface area (TPSA) is 12.0 Å². The summed E-state index contributed by atoms with van der Waals surface area (Å²) in [5, 5.41) is 3.30. The quantitative estimate of drug-likeness (QED) is 0.861. The number of hydrogen-bond acceptors (Lipinski definition) is 1. The molecule has 3 heteroatoms. The summed E-state index contributed by atoms with van der Waals surface area (Å²) in [7, 11) is 0. The van der Waals surface area contributed by atoms with E-state index in [4.69, 9.17) is 0 Å². The van der Waals surface area contributed by atoms with Crippen LogP contribution in [0.15, 0.2) is 24.3 Å². The van der Waals surface area contributed by atoms with E-state index in [0.717, 1.165) is 31.5 Å². The molecule has 1 aliphatic rings. The molecule has 1 saturated heterocycles. The highest BCUT2D eigenvalue weighted by Gasteiger charge is 2.35. The van der Waals surface area contributed by atoms with Gasteiger partial charge < -0.3 is 5.32 Å². The van der Waals surface area contributed by atoms with Crippen molar-refractivity contribution in [3.63, 3.8) is 0 Å². The third-order valence-electron chi connectivity index (χ3n) is 3.81. The Bertz CT molecular complexity index is 395. The van der Waals surface area contributed by atoms with Crippen LogP contribution < -0.4 is 5.32 Å². The van der Waals surface area contributed by atoms with E-state index in [-0.39, 0.29) is 5.56 Å². The summed E-state index contributed by atoms with van der Waals surface area (Å²) in [6.45, 7) is 5.10. The van der Waals surface area contributed by atoms with E-state index in [1.807, 2.05) is 6.07 Å². The molecular formula is C15H21F2N. The number of hydrogen-bond donors (Lipinski definition) is 1. The van der Waals surface area contributed by atoms with Gasteiger partial charge in [0.05, 0.1) is 0 Å². The predicted molar refractivity (Wildman–Crippen MR) is 70.0 cm³/mol. The molecule has 1 nitrogen and oxygen atoms in total. The molecule has 0 unspecified atom stereocenters. The van der Waals surface area contributed by atoms with Gasteiger partial charge in [-0.2, -0.15) is 0 Å². The van der Waals surface area contributed by atoms with Crippen molar-refractivity contribution >= 4 is 0 Å². The van der Waals surface area contributed by atoms with Crippen LogP contribution in [-0.2, 0) is 5.92 Å². The lowest BCUT2D eigenvalue weighted by Crippen LogP contribution is -2.27. The zero-order valence-electron chi connectivity index (χ0n) is 11.0. The van der Waals surface area contributed by atoms with Crippen molar-refractivity contribution in [3.8, 4) is 0 Å². The minimum Gasteiger partial charge on any atom is -0.317 e. The van der Waals surface area contributed by atoms with E-state index in [9.17, 15) is 8.78 Å². The second-order valence-electron chi connectivity index (χ2n) is 5.43. The van der Waals surface area contributed by atoms with Crippen molar-refractivity contribution in [3.05, 3.63) is 35.4 Å². The molecule has 100 valence electrons. The second-order valence-corrected chi connectivity index (χ2v) is 5.43. The summed E-state index contributed by atoms with van der Waals surface area (Å²) in [6.07, 6.45) is 2.08. The van der Waals surface area contributed by atoms with Crippen LogP contribution in [0.4, 0.5) is 8.78 Å². The van der Waals surface area contributed by atoms with E-state index >= 15 is 0 Å². The van der Waals surface area contributed by atoms with Crippen molar-refractivity contribution in [1.29, 1.82) is 0 Å². The molecule has 1 aromatic carbocycles. The van der Waals surface area contributed by atoms with Gasteiger partial charge in [0, 0.05) is 11.5 Å². The number of nitrogens with one attached hydrogen (secondary N) is 1. The fourth-order valence-corrected chi connectivity index (χ4v) is 2.49. The zero-order chi connectivity index (χ0) is 13.2. The smallest absolute Gasteiger partial charge is 0.275 e. The number of halogens is 2. The second kappa shape index (κ2) is 5.35. The van der Waals surface area contributed by atoms with Gasteiger partial charge in [-0.05, 0) is 43.5 Å². The Hall–Kier alpha value is -0.960. The standard InChI is InChI=1S/C15H21F2N/c1-11(2)15(16,17)14-5-3-4-13(10-14)12-6-8-18-9-7-12/h3-5,10-12,18H,6-9H2,1-2H3. The van der Waals surface area contributed by atoms with E-state index in [2.05, 4.69) is 5.32 Å². The molecule has 0 atom stereocenters.